The smallest absolute Gasteiger partial charge is 0.246 e. The van der Waals surface area contributed by atoms with Crippen molar-refractivity contribution in [1.29, 1.82) is 5.41 Å². The van der Waals surface area contributed by atoms with E-state index >= 15 is 0 Å². The Balaban J connectivity index is 1.19. The van der Waals surface area contributed by atoms with Crippen LogP contribution >= 0.6 is 0 Å². The third-order valence-corrected chi connectivity index (χ3v) is 10.6. The number of hydrogen-bond donors (Lipinski definition) is 1. The average Bonchev–Trinajstić information content (AvgIpc) is 3.18. The Morgan fingerprint density at radius 3 is 2.30 bits per heavy atom. The number of carbonyl (C=O) groups excluding carboxylic acids is 1. The van der Waals surface area contributed by atoms with Gasteiger partial charge in [0.15, 0.2) is 5.78 Å². The number of fused-ring (bicyclic) bond motifs is 2. The van der Waals surface area contributed by atoms with Gasteiger partial charge in [-0.1, -0.05) is 38.5 Å². The predicted octanol–water partition coefficient (Wildman–Crippen LogP) is 3.87. The van der Waals surface area contributed by atoms with Crippen LogP contribution in [-0.2, 0) is 29.6 Å². The van der Waals surface area contributed by atoms with Gasteiger partial charge >= 0.3 is 0 Å². The maximum Gasteiger partial charge on any atom is 0.246 e. The molecule has 0 amide bonds. The van der Waals surface area contributed by atoms with Crippen LogP contribution in [0, 0.1) is 12.3 Å². The highest BCUT2D eigenvalue weighted by Gasteiger charge is 2.39. The van der Waals surface area contributed by atoms with Crippen molar-refractivity contribution < 1.29 is 32.2 Å². The zero-order valence-corrected chi connectivity index (χ0v) is 27.9. The number of rotatable bonds is 7. The largest absolute Gasteiger partial charge is 0.494 e. The second-order valence-electron chi connectivity index (χ2n) is 13.1. The van der Waals surface area contributed by atoms with Crippen LogP contribution < -0.4 is 9.64 Å². The molecule has 12 heteroatoms. The lowest BCUT2D eigenvalue weighted by Crippen LogP contribution is -2.37. The minimum absolute atomic E-state index is 0.0333. The number of ketones is 1. The number of morpholine rings is 1. The number of hydrogen-bond acceptors (Lipinski definition) is 9. The molecule has 3 aliphatic heterocycles. The molecule has 0 radical (unpaired) electrons. The van der Waals surface area contributed by atoms with Crippen LogP contribution in [0.4, 0.5) is 5.69 Å². The highest BCUT2D eigenvalue weighted by Crippen LogP contribution is 2.41. The quantitative estimate of drug-likeness (QED) is 0.445. The molecule has 11 nitrogen and oxygen atoms in total. The van der Waals surface area contributed by atoms with Crippen molar-refractivity contribution in [3.8, 4) is 5.75 Å². The van der Waals surface area contributed by atoms with Gasteiger partial charge in [0.2, 0.25) is 10.0 Å². The number of amidine groups is 1. The Hall–Kier alpha value is -3.55. The fraction of sp³-hybridized carbons (Fsp3) is 0.471. The topological polar surface area (TPSA) is 122 Å². The molecule has 2 atom stereocenters. The first kappa shape index (κ1) is 32.4. The van der Waals surface area contributed by atoms with Gasteiger partial charge < -0.3 is 28.7 Å². The molecule has 0 spiro atoms. The van der Waals surface area contributed by atoms with Gasteiger partial charge in [-0.15, -0.1) is 4.31 Å². The molecule has 6 rings (SSSR count). The van der Waals surface area contributed by atoms with Crippen LogP contribution in [0.3, 0.4) is 0 Å². The van der Waals surface area contributed by atoms with E-state index in [0.717, 1.165) is 28.1 Å². The number of benzene rings is 2. The molecule has 0 aromatic heterocycles. The van der Waals surface area contributed by atoms with E-state index in [9.17, 15) is 13.2 Å². The standard InChI is InChI=1S/C34H42N4O7S/c1-22-6-8-25(9-7-22)46(40,41)38-20-44-30-16-24-18-37(33(35)26(24)17-31(30)45-21-38)19-29(39)23-14-27(34(2,3)4)32(42-5)28(15-23)36-10-12-43-13-11-36/h6-9,14-17,30-31,35H,10-13,18-21H2,1-5H3. The summed E-state index contributed by atoms with van der Waals surface area (Å²) in [6.45, 7) is 10.9. The normalized spacial score (nSPS) is 22.5. The molecular weight excluding hydrogens is 608 g/mol. The summed E-state index contributed by atoms with van der Waals surface area (Å²) in [5, 5.41) is 8.94. The van der Waals surface area contributed by atoms with Crippen molar-refractivity contribution in [2.75, 3.05) is 64.9 Å². The minimum atomic E-state index is -3.81. The second kappa shape index (κ2) is 12.6. The lowest BCUT2D eigenvalue weighted by Gasteiger charge is -2.33. The Morgan fingerprint density at radius 1 is 1.02 bits per heavy atom. The molecule has 1 aliphatic carbocycles. The van der Waals surface area contributed by atoms with Crippen molar-refractivity contribution in [3.05, 3.63) is 76.4 Å². The number of sulfonamides is 1. The summed E-state index contributed by atoms with van der Waals surface area (Å²) in [5.41, 5.74) is 4.63. The molecule has 246 valence electrons. The van der Waals surface area contributed by atoms with E-state index in [1.165, 1.54) is 4.31 Å². The minimum Gasteiger partial charge on any atom is -0.494 e. The number of aryl methyl sites for hydroxylation is 1. The van der Waals surface area contributed by atoms with E-state index in [0.29, 0.717) is 44.0 Å². The molecule has 0 bridgehead atoms. The molecular formula is C34H42N4O7S. The molecule has 3 fully saturated rings. The van der Waals surface area contributed by atoms with Crippen LogP contribution in [0.15, 0.2) is 64.6 Å². The zero-order chi connectivity index (χ0) is 32.8. The molecule has 2 aromatic carbocycles. The monoisotopic (exact) mass is 650 g/mol. The summed E-state index contributed by atoms with van der Waals surface area (Å²) in [5.74, 6) is 0.906. The number of likely N-dealkylation sites (tertiary alicyclic amines) is 1. The molecule has 4 aliphatic rings. The van der Waals surface area contributed by atoms with Crippen LogP contribution in [0.2, 0.25) is 0 Å². The molecule has 3 heterocycles. The fourth-order valence-electron chi connectivity index (χ4n) is 6.22. The molecule has 2 unspecified atom stereocenters. The van der Waals surface area contributed by atoms with E-state index in [2.05, 4.69) is 25.7 Å². The number of nitrogens with zero attached hydrogens (tertiary/aromatic N) is 3. The maximum absolute atomic E-state index is 13.9. The first-order valence-electron chi connectivity index (χ1n) is 15.5. The first-order chi connectivity index (χ1) is 21.9. The predicted molar refractivity (Wildman–Crippen MR) is 174 cm³/mol. The van der Waals surface area contributed by atoms with Crippen LogP contribution in [0.1, 0.15) is 42.3 Å². The van der Waals surface area contributed by atoms with Crippen molar-refractivity contribution in [2.45, 2.75) is 50.2 Å². The third-order valence-electron chi connectivity index (χ3n) is 8.87. The molecule has 0 saturated carbocycles. The van der Waals surface area contributed by atoms with Gasteiger partial charge in [-0.05, 0) is 54.3 Å². The molecule has 2 aromatic rings. The van der Waals surface area contributed by atoms with Crippen molar-refractivity contribution in [1.82, 2.24) is 9.21 Å². The number of anilines is 1. The highest BCUT2D eigenvalue weighted by molar-refractivity contribution is 7.89. The van der Waals surface area contributed by atoms with Crippen molar-refractivity contribution in [3.63, 3.8) is 0 Å². The molecule has 3 saturated heterocycles. The number of carbonyl (C=O) groups is 1. The van der Waals surface area contributed by atoms with E-state index in [-0.39, 0.29) is 41.9 Å². The zero-order valence-electron chi connectivity index (χ0n) is 27.0. The molecule has 46 heavy (non-hydrogen) atoms. The first-order valence-corrected chi connectivity index (χ1v) is 17.0. The Labute approximate surface area is 270 Å². The third kappa shape index (κ3) is 6.24. The van der Waals surface area contributed by atoms with Crippen LogP contribution in [0.25, 0.3) is 0 Å². The Kier molecular flexibility index (Phi) is 8.85. The summed E-state index contributed by atoms with van der Waals surface area (Å²) in [7, 11) is -2.15. The van der Waals surface area contributed by atoms with E-state index in [1.807, 2.05) is 31.2 Å². The SMILES string of the molecule is COc1c(N2CCOCC2)cc(C(=O)CN2CC3=CC4OCN(S(=O)(=O)c5ccc(C)cc5)COC4C=C3C2=N)cc1C(C)(C)C. The lowest BCUT2D eigenvalue weighted by atomic mass is 9.84. The molecule has 1 N–H and O–H groups in total. The maximum atomic E-state index is 13.9. The van der Waals surface area contributed by atoms with Gasteiger partial charge in [-0.2, -0.15) is 0 Å². The van der Waals surface area contributed by atoms with E-state index < -0.39 is 22.2 Å². The van der Waals surface area contributed by atoms with E-state index in [1.54, 1.807) is 36.3 Å². The summed E-state index contributed by atoms with van der Waals surface area (Å²) < 4.78 is 51.2. The Morgan fingerprint density at radius 2 is 1.67 bits per heavy atom. The average molecular weight is 651 g/mol. The summed E-state index contributed by atoms with van der Waals surface area (Å²) in [4.78, 5) is 18.0. The second-order valence-corrected chi connectivity index (χ2v) is 15.1. The van der Waals surface area contributed by atoms with Gasteiger partial charge in [-0.3, -0.25) is 10.2 Å². The summed E-state index contributed by atoms with van der Waals surface area (Å²) in [6, 6.07) is 10.5. The number of methoxy groups -OCH3 is 1. The van der Waals surface area contributed by atoms with Crippen LogP contribution in [-0.4, -0.2) is 101 Å². The van der Waals surface area contributed by atoms with Crippen molar-refractivity contribution in [2.24, 2.45) is 0 Å². The number of nitrogens with one attached hydrogen (secondary N) is 1. The van der Waals surface area contributed by atoms with Gasteiger partial charge in [0, 0.05) is 36.3 Å². The lowest BCUT2D eigenvalue weighted by molar-refractivity contribution is 0.0132. The Bertz CT molecular complexity index is 1690. The van der Waals surface area contributed by atoms with Gasteiger partial charge in [0.05, 0.1) is 37.5 Å². The van der Waals surface area contributed by atoms with E-state index in [4.69, 9.17) is 24.4 Å². The summed E-state index contributed by atoms with van der Waals surface area (Å²) >= 11 is 0. The van der Waals surface area contributed by atoms with Gasteiger partial charge in [-0.25, -0.2) is 8.42 Å². The van der Waals surface area contributed by atoms with Gasteiger partial charge in [0.25, 0.3) is 0 Å². The summed E-state index contributed by atoms with van der Waals surface area (Å²) in [6.07, 6.45) is 2.62. The van der Waals surface area contributed by atoms with Gasteiger partial charge in [0.1, 0.15) is 37.3 Å². The number of ether oxygens (including phenoxy) is 4. The fourth-order valence-corrected chi connectivity index (χ4v) is 7.39. The van der Waals surface area contributed by atoms with Crippen molar-refractivity contribution >= 4 is 27.3 Å². The number of Topliss-reactive ketones (excluding diaryl/α,β-unsaturated/α-hetero) is 1. The highest BCUT2D eigenvalue weighted by atomic mass is 32.2. The van der Waals surface area contributed by atoms with Crippen LogP contribution in [0.5, 0.6) is 5.75 Å².